The van der Waals surface area contributed by atoms with Gasteiger partial charge in [0.2, 0.25) is 0 Å². The predicted octanol–water partition coefficient (Wildman–Crippen LogP) is 5.47. The molecule has 0 aromatic heterocycles. The van der Waals surface area contributed by atoms with Crippen molar-refractivity contribution in [2.45, 2.75) is 85.0 Å². The largest absolute Gasteiger partial charge is 0.507 e. The summed E-state index contributed by atoms with van der Waals surface area (Å²) in [6.07, 6.45) is 3.40. The minimum Gasteiger partial charge on any atom is -0.507 e. The highest BCUT2D eigenvalue weighted by molar-refractivity contribution is 5.72. The molecular formula is C20H32O3. The Morgan fingerprint density at radius 3 is 1.87 bits per heavy atom. The number of hydrogen-bond acceptors (Lipinski definition) is 3. The van der Waals surface area contributed by atoms with Gasteiger partial charge in [0, 0.05) is 17.5 Å². The van der Waals surface area contributed by atoms with Crippen molar-refractivity contribution in [2.24, 2.45) is 0 Å². The van der Waals surface area contributed by atoms with Crippen LogP contribution in [-0.2, 0) is 15.6 Å². The number of carbonyl (C=O) groups excluding carboxylic acids is 1. The van der Waals surface area contributed by atoms with Crippen LogP contribution in [0.4, 0.5) is 0 Å². The summed E-state index contributed by atoms with van der Waals surface area (Å²) < 4.78 is 5.54. The molecule has 0 unspecified atom stereocenters. The number of carbonyl (C=O) groups is 1. The molecule has 0 aliphatic rings. The maximum atomic E-state index is 12.0. The molecule has 3 nitrogen and oxygen atoms in total. The Morgan fingerprint density at radius 2 is 1.48 bits per heavy atom. The third-order valence-electron chi connectivity index (χ3n) is 3.92. The summed E-state index contributed by atoms with van der Waals surface area (Å²) in [4.78, 5) is 12.0. The van der Waals surface area contributed by atoms with Gasteiger partial charge >= 0.3 is 5.97 Å². The molecule has 1 N–H and O–H groups in total. The molecule has 0 spiro atoms. The average Bonchev–Trinajstić information content (AvgIpc) is 2.38. The zero-order valence-corrected chi connectivity index (χ0v) is 15.7. The van der Waals surface area contributed by atoms with Crippen LogP contribution in [-0.4, -0.2) is 11.1 Å². The van der Waals surface area contributed by atoms with Crippen molar-refractivity contribution in [1.82, 2.24) is 0 Å². The van der Waals surface area contributed by atoms with Gasteiger partial charge in [-0.3, -0.25) is 4.79 Å². The molecule has 1 aromatic carbocycles. The van der Waals surface area contributed by atoms with Crippen molar-refractivity contribution in [2.75, 3.05) is 0 Å². The fourth-order valence-corrected chi connectivity index (χ4v) is 2.51. The van der Waals surface area contributed by atoms with Gasteiger partial charge in [-0.05, 0) is 29.4 Å². The molecular weight excluding hydrogens is 288 g/mol. The van der Waals surface area contributed by atoms with Crippen LogP contribution in [0.15, 0.2) is 12.1 Å². The van der Waals surface area contributed by atoms with Crippen molar-refractivity contribution in [3.8, 4) is 11.5 Å². The molecule has 3 heteroatoms. The Bertz CT molecular complexity index is 510. The minimum absolute atomic E-state index is 0.205. The van der Waals surface area contributed by atoms with Crippen LogP contribution in [0.2, 0.25) is 0 Å². The summed E-state index contributed by atoms with van der Waals surface area (Å²) in [5.41, 5.74) is 1.16. The second kappa shape index (κ2) is 7.37. The van der Waals surface area contributed by atoms with E-state index < -0.39 is 0 Å². The van der Waals surface area contributed by atoms with E-state index in [1.807, 2.05) is 41.5 Å². The fourth-order valence-electron chi connectivity index (χ4n) is 2.51. The van der Waals surface area contributed by atoms with E-state index in [1.54, 1.807) is 12.1 Å². The summed E-state index contributed by atoms with van der Waals surface area (Å²) in [5, 5.41) is 10.7. The van der Waals surface area contributed by atoms with Gasteiger partial charge in [0.25, 0.3) is 0 Å². The Morgan fingerprint density at radius 1 is 1.00 bits per heavy atom. The predicted molar refractivity (Wildman–Crippen MR) is 95.3 cm³/mol. The number of esters is 1. The number of aromatic hydroxyl groups is 1. The van der Waals surface area contributed by atoms with Crippen molar-refractivity contribution >= 4 is 5.97 Å². The first kappa shape index (κ1) is 19.5. The number of hydrogen-bond donors (Lipinski definition) is 1. The lowest BCUT2D eigenvalue weighted by Crippen LogP contribution is -2.18. The van der Waals surface area contributed by atoms with E-state index in [4.69, 9.17) is 4.74 Å². The third-order valence-corrected chi connectivity index (χ3v) is 3.92. The molecule has 0 aliphatic carbocycles. The minimum atomic E-state index is -0.227. The summed E-state index contributed by atoms with van der Waals surface area (Å²) in [7, 11) is 0. The Balaban J connectivity index is 3.16. The lowest BCUT2D eigenvalue weighted by atomic mass is 9.79. The zero-order chi connectivity index (χ0) is 17.8. The number of unbranched alkanes of at least 4 members (excludes halogenated alkanes) is 2. The van der Waals surface area contributed by atoms with Gasteiger partial charge in [0.15, 0.2) is 0 Å². The molecule has 23 heavy (non-hydrogen) atoms. The molecule has 0 aliphatic heterocycles. The molecule has 0 bridgehead atoms. The van der Waals surface area contributed by atoms with Gasteiger partial charge in [0.05, 0.1) is 0 Å². The zero-order valence-electron chi connectivity index (χ0n) is 15.7. The Labute approximate surface area is 141 Å². The second-order valence-corrected chi connectivity index (χ2v) is 8.30. The number of ether oxygens (including phenoxy) is 1. The molecule has 0 radical (unpaired) electrons. The van der Waals surface area contributed by atoms with E-state index in [0.717, 1.165) is 30.4 Å². The number of phenols is 1. The summed E-state index contributed by atoms with van der Waals surface area (Å²) in [5.74, 6) is 0.624. The van der Waals surface area contributed by atoms with Crippen LogP contribution >= 0.6 is 0 Å². The highest BCUT2D eigenvalue weighted by atomic mass is 16.5. The van der Waals surface area contributed by atoms with E-state index >= 15 is 0 Å². The molecule has 0 fully saturated rings. The highest BCUT2D eigenvalue weighted by Gasteiger charge is 2.27. The van der Waals surface area contributed by atoms with Gasteiger partial charge in [-0.25, -0.2) is 0 Å². The molecule has 130 valence electrons. The molecule has 1 aromatic rings. The summed E-state index contributed by atoms with van der Waals surface area (Å²) >= 11 is 0. The number of phenolic OH excluding ortho intramolecular Hbond substituents is 1. The van der Waals surface area contributed by atoms with Crippen LogP contribution < -0.4 is 4.74 Å². The summed E-state index contributed by atoms with van der Waals surface area (Å²) in [6, 6.07) is 3.59. The fraction of sp³-hybridized carbons (Fsp3) is 0.650. The standard InChI is InChI=1S/C20H32O3/c1-8-9-10-11-17(21)23-14-12-15(19(2,3)4)18(22)16(13-14)20(5,6)7/h12-13,22H,8-11H2,1-7H3. The number of rotatable bonds is 5. The Hall–Kier alpha value is -1.51. The lowest BCUT2D eigenvalue weighted by Gasteiger charge is -2.27. The molecule has 0 amide bonds. The van der Waals surface area contributed by atoms with Gasteiger partial charge < -0.3 is 9.84 Å². The van der Waals surface area contributed by atoms with Crippen LogP contribution in [0, 0.1) is 0 Å². The smallest absolute Gasteiger partial charge is 0.311 e. The average molecular weight is 320 g/mol. The van der Waals surface area contributed by atoms with E-state index in [9.17, 15) is 9.90 Å². The van der Waals surface area contributed by atoms with Crippen LogP contribution in [0.1, 0.15) is 85.3 Å². The summed E-state index contributed by atoms with van der Waals surface area (Å²) in [6.45, 7) is 14.4. The van der Waals surface area contributed by atoms with Gasteiger partial charge in [-0.2, -0.15) is 0 Å². The van der Waals surface area contributed by atoms with Crippen LogP contribution in [0.5, 0.6) is 11.5 Å². The van der Waals surface area contributed by atoms with Crippen LogP contribution in [0.25, 0.3) is 0 Å². The quantitative estimate of drug-likeness (QED) is 0.444. The maximum Gasteiger partial charge on any atom is 0.311 e. The molecule has 0 saturated heterocycles. The molecule has 0 saturated carbocycles. The topological polar surface area (TPSA) is 46.5 Å². The van der Waals surface area contributed by atoms with Gasteiger partial charge in [-0.15, -0.1) is 0 Å². The first-order valence-corrected chi connectivity index (χ1v) is 8.55. The van der Waals surface area contributed by atoms with Crippen LogP contribution in [0.3, 0.4) is 0 Å². The lowest BCUT2D eigenvalue weighted by molar-refractivity contribution is -0.134. The van der Waals surface area contributed by atoms with Gasteiger partial charge in [0.1, 0.15) is 11.5 Å². The number of benzene rings is 1. The van der Waals surface area contributed by atoms with Crippen molar-refractivity contribution in [3.05, 3.63) is 23.3 Å². The molecule has 1 rings (SSSR count). The second-order valence-electron chi connectivity index (χ2n) is 8.30. The van der Waals surface area contributed by atoms with E-state index in [1.165, 1.54) is 0 Å². The SMILES string of the molecule is CCCCCC(=O)Oc1cc(C(C)(C)C)c(O)c(C(C)(C)C)c1. The van der Waals surface area contributed by atoms with E-state index in [-0.39, 0.29) is 16.8 Å². The highest BCUT2D eigenvalue weighted by Crippen LogP contribution is 2.41. The van der Waals surface area contributed by atoms with E-state index in [0.29, 0.717) is 17.9 Å². The molecule has 0 heterocycles. The normalized spacial score (nSPS) is 12.3. The van der Waals surface area contributed by atoms with Gasteiger partial charge in [-0.1, -0.05) is 61.3 Å². The molecule has 0 atom stereocenters. The first-order chi connectivity index (χ1) is 10.5. The Kier molecular flexibility index (Phi) is 6.26. The first-order valence-electron chi connectivity index (χ1n) is 8.55. The van der Waals surface area contributed by atoms with Crippen molar-refractivity contribution < 1.29 is 14.6 Å². The monoisotopic (exact) mass is 320 g/mol. The third kappa shape index (κ3) is 5.56. The van der Waals surface area contributed by atoms with E-state index in [2.05, 4.69) is 6.92 Å². The van der Waals surface area contributed by atoms with Crippen molar-refractivity contribution in [3.63, 3.8) is 0 Å². The maximum absolute atomic E-state index is 12.0. The van der Waals surface area contributed by atoms with Crippen molar-refractivity contribution in [1.29, 1.82) is 0 Å².